The van der Waals surface area contributed by atoms with Gasteiger partial charge in [0, 0.05) is 6.07 Å². The lowest BCUT2D eigenvalue weighted by Gasteiger charge is -2.26. The lowest BCUT2D eigenvalue weighted by Crippen LogP contribution is -2.37. The number of rotatable bonds is 6. The van der Waals surface area contributed by atoms with E-state index in [4.69, 9.17) is 9.47 Å². The third kappa shape index (κ3) is 4.08. The van der Waals surface area contributed by atoms with E-state index in [2.05, 4.69) is 0 Å². The number of ether oxygens (including phenoxy) is 2. The minimum absolute atomic E-state index is 0.0621. The van der Waals surface area contributed by atoms with E-state index in [0.29, 0.717) is 11.5 Å². The van der Waals surface area contributed by atoms with Gasteiger partial charge >= 0.3 is 0 Å². The molecule has 0 fully saturated rings. The standard InChI is InChI=1S/C16H22O4/c1-11(17)15(3,4)19-13-8-7-9-14(10-13)20-16(5,6)12(2)18/h7-10H,1-6H3. The normalized spacial score (nSPS) is 11.9. The van der Waals surface area contributed by atoms with Gasteiger partial charge in [0.05, 0.1) is 0 Å². The van der Waals surface area contributed by atoms with Crippen LogP contribution < -0.4 is 9.47 Å². The second-order valence-corrected chi connectivity index (χ2v) is 5.81. The van der Waals surface area contributed by atoms with E-state index in [1.807, 2.05) is 0 Å². The summed E-state index contributed by atoms with van der Waals surface area (Å²) in [4.78, 5) is 22.9. The van der Waals surface area contributed by atoms with Crippen molar-refractivity contribution in [3.63, 3.8) is 0 Å². The van der Waals surface area contributed by atoms with Gasteiger partial charge in [-0.05, 0) is 53.7 Å². The summed E-state index contributed by atoms with van der Waals surface area (Å²) in [6, 6.07) is 6.93. The first kappa shape index (κ1) is 16.2. The summed E-state index contributed by atoms with van der Waals surface area (Å²) in [5.41, 5.74) is -1.79. The molecule has 1 aromatic rings. The van der Waals surface area contributed by atoms with Crippen molar-refractivity contribution in [2.24, 2.45) is 0 Å². The van der Waals surface area contributed by atoms with E-state index in [-0.39, 0.29) is 11.6 Å². The molecule has 0 aromatic heterocycles. The first-order valence-electron chi connectivity index (χ1n) is 6.55. The first-order chi connectivity index (χ1) is 9.04. The molecule has 0 saturated heterocycles. The summed E-state index contributed by atoms with van der Waals surface area (Å²) < 4.78 is 11.3. The smallest absolute Gasteiger partial charge is 0.172 e. The van der Waals surface area contributed by atoms with E-state index >= 15 is 0 Å². The summed E-state index contributed by atoms with van der Waals surface area (Å²) in [6.45, 7) is 9.81. The highest BCUT2D eigenvalue weighted by Crippen LogP contribution is 2.26. The van der Waals surface area contributed by atoms with Crippen molar-refractivity contribution in [1.82, 2.24) is 0 Å². The molecule has 0 amide bonds. The molecule has 0 saturated carbocycles. The molecule has 1 aromatic carbocycles. The number of carbonyl (C=O) groups is 2. The fourth-order valence-electron chi connectivity index (χ4n) is 1.33. The molecule has 0 N–H and O–H groups in total. The SMILES string of the molecule is CC(=O)C(C)(C)Oc1cccc(OC(C)(C)C(C)=O)c1. The molecule has 0 spiro atoms. The van der Waals surface area contributed by atoms with Crippen LogP contribution in [-0.2, 0) is 9.59 Å². The molecule has 0 radical (unpaired) electrons. The van der Waals surface area contributed by atoms with Crippen molar-refractivity contribution in [1.29, 1.82) is 0 Å². The molecule has 1 rings (SSSR count). The summed E-state index contributed by atoms with van der Waals surface area (Å²) in [7, 11) is 0. The third-order valence-electron chi connectivity index (χ3n) is 3.25. The molecular formula is C16H22O4. The van der Waals surface area contributed by atoms with Gasteiger partial charge in [-0.25, -0.2) is 0 Å². The van der Waals surface area contributed by atoms with Gasteiger partial charge in [-0.1, -0.05) is 6.07 Å². The second kappa shape index (κ2) is 5.65. The van der Waals surface area contributed by atoms with E-state index in [9.17, 15) is 9.59 Å². The lowest BCUT2D eigenvalue weighted by atomic mass is 10.0. The van der Waals surface area contributed by atoms with Crippen LogP contribution in [0.15, 0.2) is 24.3 Å². The van der Waals surface area contributed by atoms with E-state index < -0.39 is 11.2 Å². The molecule has 0 aliphatic rings. The highest BCUT2D eigenvalue weighted by molar-refractivity contribution is 5.84. The van der Waals surface area contributed by atoms with Crippen LogP contribution in [0.25, 0.3) is 0 Å². The van der Waals surface area contributed by atoms with Crippen LogP contribution in [-0.4, -0.2) is 22.8 Å². The number of ketones is 2. The predicted molar refractivity (Wildman–Crippen MR) is 77.2 cm³/mol. The maximum absolute atomic E-state index is 11.5. The molecule has 0 bridgehead atoms. The molecule has 0 unspecified atom stereocenters. The van der Waals surface area contributed by atoms with Crippen LogP contribution in [0.4, 0.5) is 0 Å². The Bertz CT molecular complexity index is 472. The topological polar surface area (TPSA) is 52.6 Å². The van der Waals surface area contributed by atoms with Gasteiger partial charge in [-0.2, -0.15) is 0 Å². The zero-order valence-electron chi connectivity index (χ0n) is 12.9. The average molecular weight is 278 g/mol. The third-order valence-corrected chi connectivity index (χ3v) is 3.25. The van der Waals surface area contributed by atoms with Gasteiger partial charge in [-0.15, -0.1) is 0 Å². The largest absolute Gasteiger partial charge is 0.480 e. The lowest BCUT2D eigenvalue weighted by molar-refractivity contribution is -0.129. The Labute approximate surface area is 120 Å². The molecule has 4 heteroatoms. The fraction of sp³-hybridized carbons (Fsp3) is 0.500. The number of hydrogen-bond donors (Lipinski definition) is 0. The van der Waals surface area contributed by atoms with Gasteiger partial charge in [0.25, 0.3) is 0 Å². The number of benzene rings is 1. The molecule has 0 aliphatic carbocycles. The summed E-state index contributed by atoms with van der Waals surface area (Å²) >= 11 is 0. The second-order valence-electron chi connectivity index (χ2n) is 5.81. The molecule has 0 aliphatic heterocycles. The minimum atomic E-state index is -0.894. The summed E-state index contributed by atoms with van der Waals surface area (Å²) in [5, 5.41) is 0. The van der Waals surface area contributed by atoms with E-state index in [1.54, 1.807) is 52.0 Å². The fourth-order valence-corrected chi connectivity index (χ4v) is 1.33. The quantitative estimate of drug-likeness (QED) is 0.802. The van der Waals surface area contributed by atoms with Gasteiger partial charge < -0.3 is 9.47 Å². The van der Waals surface area contributed by atoms with Crippen molar-refractivity contribution in [2.45, 2.75) is 52.7 Å². The molecule has 0 atom stereocenters. The molecule has 4 nitrogen and oxygen atoms in total. The van der Waals surface area contributed by atoms with Gasteiger partial charge in [0.1, 0.15) is 11.5 Å². The van der Waals surface area contributed by atoms with E-state index in [0.717, 1.165) is 0 Å². The van der Waals surface area contributed by atoms with Crippen molar-refractivity contribution in [3.8, 4) is 11.5 Å². The van der Waals surface area contributed by atoms with Crippen LogP contribution in [0.2, 0.25) is 0 Å². The Morgan fingerprint density at radius 3 is 1.50 bits per heavy atom. The Morgan fingerprint density at radius 1 is 0.850 bits per heavy atom. The number of Topliss-reactive ketones (excluding diaryl/α,β-unsaturated/α-hetero) is 2. The molecule has 20 heavy (non-hydrogen) atoms. The van der Waals surface area contributed by atoms with Crippen molar-refractivity contribution in [3.05, 3.63) is 24.3 Å². The Balaban J connectivity index is 2.92. The zero-order valence-corrected chi connectivity index (χ0v) is 12.9. The van der Waals surface area contributed by atoms with Crippen LogP contribution in [0, 0.1) is 0 Å². The van der Waals surface area contributed by atoms with Crippen LogP contribution in [0.3, 0.4) is 0 Å². The highest BCUT2D eigenvalue weighted by Gasteiger charge is 2.27. The maximum Gasteiger partial charge on any atom is 0.172 e. The molecule has 0 heterocycles. The summed E-state index contributed by atoms with van der Waals surface area (Å²) in [5.74, 6) is 0.935. The van der Waals surface area contributed by atoms with E-state index in [1.165, 1.54) is 13.8 Å². The van der Waals surface area contributed by atoms with Crippen LogP contribution in [0.5, 0.6) is 11.5 Å². The maximum atomic E-state index is 11.5. The monoisotopic (exact) mass is 278 g/mol. The number of carbonyl (C=O) groups excluding carboxylic acids is 2. The number of hydrogen-bond acceptors (Lipinski definition) is 4. The van der Waals surface area contributed by atoms with Gasteiger partial charge in [0.2, 0.25) is 0 Å². The molecule has 110 valence electrons. The zero-order chi connectivity index (χ0) is 15.6. The van der Waals surface area contributed by atoms with Crippen LogP contribution >= 0.6 is 0 Å². The average Bonchev–Trinajstić information content (AvgIpc) is 2.27. The first-order valence-corrected chi connectivity index (χ1v) is 6.55. The van der Waals surface area contributed by atoms with Gasteiger partial charge in [0.15, 0.2) is 22.8 Å². The van der Waals surface area contributed by atoms with Gasteiger partial charge in [-0.3, -0.25) is 9.59 Å². The molecular weight excluding hydrogens is 256 g/mol. The Morgan fingerprint density at radius 2 is 1.20 bits per heavy atom. The highest BCUT2D eigenvalue weighted by atomic mass is 16.5. The minimum Gasteiger partial charge on any atom is -0.480 e. The van der Waals surface area contributed by atoms with Crippen molar-refractivity contribution in [2.75, 3.05) is 0 Å². The van der Waals surface area contributed by atoms with Crippen molar-refractivity contribution >= 4 is 11.6 Å². The van der Waals surface area contributed by atoms with Crippen LogP contribution in [0.1, 0.15) is 41.5 Å². The Hall–Kier alpha value is -1.84. The van der Waals surface area contributed by atoms with Crippen molar-refractivity contribution < 1.29 is 19.1 Å². The summed E-state index contributed by atoms with van der Waals surface area (Å²) in [6.07, 6.45) is 0. The predicted octanol–water partition coefficient (Wildman–Crippen LogP) is 3.18. The Kier molecular flexibility index (Phi) is 4.58.